The van der Waals surface area contributed by atoms with Crippen molar-refractivity contribution >= 4 is 0 Å². The summed E-state index contributed by atoms with van der Waals surface area (Å²) in [5, 5.41) is 31.2. The average molecular weight is 203 g/mol. The molecule has 0 saturated carbocycles. The molecule has 0 aliphatic carbocycles. The average Bonchev–Trinajstić information content (AvgIpc) is 2.20. The van der Waals surface area contributed by atoms with Crippen molar-refractivity contribution in [2.75, 3.05) is 0 Å². The maximum atomic E-state index is 6.25. The van der Waals surface area contributed by atoms with E-state index in [0.29, 0.717) is 0 Å². The first kappa shape index (κ1) is 87.7. The van der Waals surface area contributed by atoms with Crippen LogP contribution in [0.1, 0.15) is 0 Å². The van der Waals surface area contributed by atoms with Crippen LogP contribution in [-0.4, -0.2) is 0 Å². The second kappa shape index (κ2) is 1600. The number of rotatable bonds is 0. The van der Waals surface area contributed by atoms with Gasteiger partial charge in [0, 0.05) is 0 Å². The van der Waals surface area contributed by atoms with Crippen LogP contribution in [0.2, 0.25) is 0 Å². The third-order valence-electron chi connectivity index (χ3n) is 0. The molecule has 0 radical (unpaired) electrons. The molecule has 0 aromatic rings. The normalized spacial score (nSPS) is 0.769. The first-order chi connectivity index (χ1) is 5.00. The Bertz CT molecular complexity index is 81.5. The Kier molecular flexibility index (Phi) is 10800. The van der Waals surface area contributed by atoms with Crippen molar-refractivity contribution in [3.05, 3.63) is 32.9 Å². The predicted octanol–water partition coefficient (Wildman–Crippen LogP) is -5.51. The van der Waals surface area contributed by atoms with Gasteiger partial charge in [-0.05, 0) is 0 Å². The Labute approximate surface area is 113 Å². The Morgan fingerprint density at radius 1 is 0.385 bits per heavy atom. The van der Waals surface area contributed by atoms with Gasteiger partial charge in [0.15, 0.2) is 0 Å². The first-order valence-electron chi connectivity index (χ1n) is 1.12. The maximum absolute atomic E-state index is 6.25. The van der Waals surface area contributed by atoms with Crippen LogP contribution in [0, 0.1) is 59.2 Å². The zero-order chi connectivity index (χ0) is 10.0. The summed E-state index contributed by atoms with van der Waals surface area (Å²) in [6, 6.07) is 0. The molecule has 0 rings (SSSR count). The molecule has 0 spiro atoms. The molecule has 0 heterocycles. The van der Waals surface area contributed by atoms with Gasteiger partial charge in [-0.2, -0.15) is 0 Å². The SMILES string of the molecule is [C-]#N.[C-]#N.[C-]#N.[C-]#N.[C-]#N.[Co+3].[Li+].[Li+]. The third-order valence-corrected chi connectivity index (χ3v) is 0. The van der Waals surface area contributed by atoms with Crippen LogP contribution in [0.4, 0.5) is 0 Å². The molecular weight excluding hydrogens is 203 g/mol. The van der Waals surface area contributed by atoms with E-state index in [1.807, 2.05) is 0 Å². The monoisotopic (exact) mass is 203 g/mol. The first-order valence-corrected chi connectivity index (χ1v) is 1.12. The minimum Gasteiger partial charge on any atom is -0.512 e. The van der Waals surface area contributed by atoms with Gasteiger partial charge in [-0.1, -0.05) is 0 Å². The van der Waals surface area contributed by atoms with Crippen molar-refractivity contribution in [3.63, 3.8) is 0 Å². The van der Waals surface area contributed by atoms with E-state index in [2.05, 4.69) is 0 Å². The van der Waals surface area contributed by atoms with E-state index < -0.39 is 0 Å². The molecule has 0 saturated heterocycles. The second-order valence-corrected chi connectivity index (χ2v) is 0. The number of hydrogen-bond acceptors (Lipinski definition) is 5. The fourth-order valence-electron chi connectivity index (χ4n) is 0. The van der Waals surface area contributed by atoms with Crippen LogP contribution in [0.3, 0.4) is 0 Å². The van der Waals surface area contributed by atoms with Gasteiger partial charge < -0.3 is 59.2 Å². The standard InChI is InChI=1S/5CN.Co.2Li/c5*1-2;;;/q5*-1;+3;2*+1. The summed E-state index contributed by atoms with van der Waals surface area (Å²) < 4.78 is 0. The summed E-state index contributed by atoms with van der Waals surface area (Å²) in [5.74, 6) is 0. The quantitative estimate of drug-likeness (QED) is 0.287. The molecule has 0 unspecified atom stereocenters. The summed E-state index contributed by atoms with van der Waals surface area (Å²) in [6.07, 6.45) is 0. The van der Waals surface area contributed by atoms with Crippen LogP contribution in [0.15, 0.2) is 0 Å². The molecular formula is C5CoLi2N5. The summed E-state index contributed by atoms with van der Waals surface area (Å²) in [7, 11) is 0. The zero-order valence-electron chi connectivity index (χ0n) is 7.07. The topological polar surface area (TPSA) is 119 Å². The molecule has 0 atom stereocenters. The van der Waals surface area contributed by atoms with Gasteiger partial charge in [-0.15, -0.1) is 0 Å². The number of nitrogens with zero attached hydrogens (tertiary/aromatic N) is 5. The number of hydrogen-bond donors (Lipinski definition) is 0. The molecule has 13 heavy (non-hydrogen) atoms. The minimum absolute atomic E-state index is 0. The summed E-state index contributed by atoms with van der Waals surface area (Å²) in [6.45, 7) is 23.8. The molecule has 0 N–H and O–H groups in total. The predicted molar refractivity (Wildman–Crippen MR) is 24.8 cm³/mol. The van der Waals surface area contributed by atoms with E-state index in [9.17, 15) is 0 Å². The smallest absolute Gasteiger partial charge is 0.512 e. The minimum atomic E-state index is 0. The molecule has 56 valence electrons. The van der Waals surface area contributed by atoms with Crippen molar-refractivity contribution in [1.82, 2.24) is 0 Å². The van der Waals surface area contributed by atoms with Crippen molar-refractivity contribution in [2.24, 2.45) is 0 Å². The van der Waals surface area contributed by atoms with Crippen molar-refractivity contribution < 1.29 is 54.5 Å². The van der Waals surface area contributed by atoms with E-state index in [4.69, 9.17) is 59.2 Å². The van der Waals surface area contributed by atoms with Gasteiger partial charge in [-0.3, -0.25) is 0 Å². The van der Waals surface area contributed by atoms with Gasteiger partial charge in [0.05, 0.1) is 0 Å². The molecule has 0 aromatic heterocycles. The van der Waals surface area contributed by atoms with Gasteiger partial charge in [0.2, 0.25) is 0 Å². The van der Waals surface area contributed by atoms with Gasteiger partial charge >= 0.3 is 54.5 Å². The summed E-state index contributed by atoms with van der Waals surface area (Å²) in [5.41, 5.74) is 0. The van der Waals surface area contributed by atoms with Crippen LogP contribution < -0.4 is 37.7 Å². The molecule has 8 heteroatoms. The Morgan fingerprint density at radius 3 is 0.385 bits per heavy atom. The van der Waals surface area contributed by atoms with E-state index in [1.54, 1.807) is 0 Å². The molecule has 0 aliphatic rings. The van der Waals surface area contributed by atoms with Crippen LogP contribution >= 0.6 is 0 Å². The van der Waals surface area contributed by atoms with Crippen LogP contribution in [-0.2, 0) is 16.8 Å². The molecule has 5 nitrogen and oxygen atoms in total. The van der Waals surface area contributed by atoms with Crippen LogP contribution in [0.25, 0.3) is 0 Å². The Balaban J connectivity index is -0.00000000379. The van der Waals surface area contributed by atoms with E-state index >= 15 is 0 Å². The largest absolute Gasteiger partial charge is 3.00 e. The van der Waals surface area contributed by atoms with Gasteiger partial charge in [0.25, 0.3) is 0 Å². The Hall–Kier alpha value is -0.849. The van der Waals surface area contributed by atoms with Crippen LogP contribution in [0.5, 0.6) is 0 Å². The van der Waals surface area contributed by atoms with Crippen molar-refractivity contribution in [2.45, 2.75) is 0 Å². The second-order valence-electron chi connectivity index (χ2n) is 0. The fourth-order valence-corrected chi connectivity index (χ4v) is 0. The zero-order valence-corrected chi connectivity index (χ0v) is 8.11. The van der Waals surface area contributed by atoms with E-state index in [-0.39, 0.29) is 54.5 Å². The maximum Gasteiger partial charge on any atom is 3.00 e. The molecule has 0 fully saturated rings. The summed E-state index contributed by atoms with van der Waals surface area (Å²) in [4.78, 5) is 0. The summed E-state index contributed by atoms with van der Waals surface area (Å²) >= 11 is 0. The molecule has 0 bridgehead atoms. The molecule has 0 aromatic carbocycles. The van der Waals surface area contributed by atoms with Gasteiger partial charge in [0.1, 0.15) is 0 Å². The molecule has 0 amide bonds. The molecule has 0 aliphatic heterocycles. The van der Waals surface area contributed by atoms with Gasteiger partial charge in [-0.25, -0.2) is 0 Å². The Morgan fingerprint density at radius 2 is 0.385 bits per heavy atom. The van der Waals surface area contributed by atoms with Crippen molar-refractivity contribution in [1.29, 1.82) is 26.3 Å². The fraction of sp³-hybridized carbons (Fsp3) is 0. The van der Waals surface area contributed by atoms with Crippen molar-refractivity contribution in [3.8, 4) is 0 Å². The van der Waals surface area contributed by atoms with E-state index in [0.717, 1.165) is 0 Å². The third kappa shape index (κ3) is 1300. The van der Waals surface area contributed by atoms with E-state index in [1.165, 1.54) is 0 Å².